The summed E-state index contributed by atoms with van der Waals surface area (Å²) >= 11 is 0. The van der Waals surface area contributed by atoms with Crippen molar-refractivity contribution in [3.63, 3.8) is 0 Å². The van der Waals surface area contributed by atoms with Crippen molar-refractivity contribution in [3.05, 3.63) is 107 Å². The number of carbonyl (C=O) groups excluding carboxylic acids is 2. The summed E-state index contributed by atoms with van der Waals surface area (Å²) in [5, 5.41) is 1.03. The molecule has 2 heterocycles. The zero-order valence-corrected chi connectivity index (χ0v) is 18.2. The van der Waals surface area contributed by atoms with E-state index in [9.17, 15) is 9.59 Å². The molecule has 2 atom stereocenters. The zero-order chi connectivity index (χ0) is 22.2. The largest absolute Gasteiger partial charge is 0.361 e. The van der Waals surface area contributed by atoms with E-state index < -0.39 is 12.0 Å². The molecular weight excluding hydrogens is 398 g/mol. The van der Waals surface area contributed by atoms with Gasteiger partial charge in [0, 0.05) is 48.9 Å². The second-order valence-corrected chi connectivity index (χ2v) is 8.40. The summed E-state index contributed by atoms with van der Waals surface area (Å²) < 4.78 is 0. The highest BCUT2D eigenvalue weighted by atomic mass is 16.2. The number of benzene rings is 3. The molecule has 0 saturated heterocycles. The monoisotopic (exact) mass is 423 g/mol. The molecule has 5 nitrogen and oxygen atoms in total. The molecule has 0 saturated carbocycles. The van der Waals surface area contributed by atoms with Crippen LogP contribution >= 0.6 is 0 Å². The van der Waals surface area contributed by atoms with E-state index in [1.54, 1.807) is 16.8 Å². The third kappa shape index (κ3) is 3.26. The van der Waals surface area contributed by atoms with Crippen LogP contribution in [0.15, 0.2) is 85.1 Å². The van der Waals surface area contributed by atoms with E-state index in [0.29, 0.717) is 12.1 Å². The van der Waals surface area contributed by atoms with E-state index in [-0.39, 0.29) is 11.8 Å². The van der Waals surface area contributed by atoms with Crippen LogP contribution in [-0.2, 0) is 11.3 Å². The number of hydrogen-bond acceptors (Lipinski definition) is 2. The summed E-state index contributed by atoms with van der Waals surface area (Å²) in [6.45, 7) is 0.511. The van der Waals surface area contributed by atoms with Crippen molar-refractivity contribution in [1.29, 1.82) is 0 Å². The van der Waals surface area contributed by atoms with Gasteiger partial charge in [0.15, 0.2) is 0 Å². The van der Waals surface area contributed by atoms with Crippen LogP contribution in [0.2, 0.25) is 0 Å². The second kappa shape index (κ2) is 8.00. The van der Waals surface area contributed by atoms with Gasteiger partial charge in [-0.15, -0.1) is 0 Å². The van der Waals surface area contributed by atoms with E-state index in [1.807, 2.05) is 92.1 Å². The molecule has 32 heavy (non-hydrogen) atoms. The molecule has 1 aromatic heterocycles. The standard InChI is InChI=1S/C27H25N3O2/c1-29(17-18-10-4-3-5-11-18)27(32)24-20-13-6-7-14-21(20)26(31)30(2)25(24)22-16-28-23-15-9-8-12-19(22)23/h3-16,24-25,28H,17H2,1-2H3/t24-,25+/m1/s1. The van der Waals surface area contributed by atoms with E-state index >= 15 is 0 Å². The Kier molecular flexibility index (Phi) is 5.02. The van der Waals surface area contributed by atoms with Gasteiger partial charge in [-0.1, -0.05) is 66.7 Å². The first-order valence-electron chi connectivity index (χ1n) is 10.8. The Morgan fingerprint density at radius 3 is 2.44 bits per heavy atom. The molecular formula is C27H25N3O2. The van der Waals surface area contributed by atoms with Gasteiger partial charge < -0.3 is 14.8 Å². The summed E-state index contributed by atoms with van der Waals surface area (Å²) in [4.78, 5) is 34.0. The van der Waals surface area contributed by atoms with Crippen LogP contribution in [-0.4, -0.2) is 40.7 Å². The van der Waals surface area contributed by atoms with Gasteiger partial charge in [-0.3, -0.25) is 9.59 Å². The van der Waals surface area contributed by atoms with E-state index in [0.717, 1.165) is 27.6 Å². The Hall–Kier alpha value is -3.86. The summed E-state index contributed by atoms with van der Waals surface area (Å²) in [6, 6.07) is 25.1. The maximum Gasteiger partial charge on any atom is 0.254 e. The summed E-state index contributed by atoms with van der Waals surface area (Å²) in [6.07, 6.45) is 1.94. The number of para-hydroxylation sites is 1. The lowest BCUT2D eigenvalue weighted by atomic mass is 9.79. The number of amides is 2. The molecule has 1 aliphatic heterocycles. The minimum Gasteiger partial charge on any atom is -0.361 e. The SMILES string of the molecule is CN(Cc1ccccc1)C(=O)[C@@H]1c2ccccc2C(=O)N(C)[C@H]1c1c[nH]c2ccccc12. The van der Waals surface area contributed by atoms with Gasteiger partial charge in [-0.2, -0.15) is 0 Å². The van der Waals surface area contributed by atoms with Crippen molar-refractivity contribution in [3.8, 4) is 0 Å². The Balaban J connectivity index is 1.62. The summed E-state index contributed by atoms with van der Waals surface area (Å²) in [5.41, 5.74) is 4.40. The van der Waals surface area contributed by atoms with Crippen molar-refractivity contribution in [1.82, 2.24) is 14.8 Å². The van der Waals surface area contributed by atoms with Crippen LogP contribution in [0.1, 0.15) is 39.0 Å². The molecule has 0 unspecified atom stereocenters. The van der Waals surface area contributed by atoms with Gasteiger partial charge in [0.05, 0.1) is 12.0 Å². The molecule has 160 valence electrons. The second-order valence-electron chi connectivity index (χ2n) is 8.40. The number of carbonyl (C=O) groups is 2. The maximum atomic E-state index is 13.9. The van der Waals surface area contributed by atoms with Crippen molar-refractivity contribution >= 4 is 22.7 Å². The number of nitrogens with one attached hydrogen (secondary N) is 1. The van der Waals surface area contributed by atoms with Gasteiger partial charge in [0.1, 0.15) is 0 Å². The van der Waals surface area contributed by atoms with Gasteiger partial charge in [0.25, 0.3) is 5.91 Å². The fraction of sp³-hybridized carbons (Fsp3) is 0.185. The highest BCUT2D eigenvalue weighted by Crippen LogP contribution is 2.44. The number of hydrogen-bond donors (Lipinski definition) is 1. The maximum absolute atomic E-state index is 13.9. The smallest absolute Gasteiger partial charge is 0.254 e. The molecule has 0 bridgehead atoms. The van der Waals surface area contributed by atoms with E-state index in [2.05, 4.69) is 4.98 Å². The molecule has 2 amide bonds. The minimum absolute atomic E-state index is 0.00376. The average Bonchev–Trinajstić information content (AvgIpc) is 3.25. The molecule has 0 spiro atoms. The number of nitrogens with zero attached hydrogens (tertiary/aromatic N) is 2. The topological polar surface area (TPSA) is 56.4 Å². The molecule has 1 N–H and O–H groups in total. The highest BCUT2D eigenvalue weighted by Gasteiger charge is 2.44. The van der Waals surface area contributed by atoms with Crippen LogP contribution < -0.4 is 0 Å². The quantitative estimate of drug-likeness (QED) is 0.516. The molecule has 0 aliphatic carbocycles. The van der Waals surface area contributed by atoms with E-state index in [1.165, 1.54) is 0 Å². The number of rotatable bonds is 4. The molecule has 5 rings (SSSR count). The Bertz CT molecular complexity index is 1290. The fourth-order valence-electron chi connectivity index (χ4n) is 4.84. The number of likely N-dealkylation sites (N-methyl/N-ethyl adjacent to an activating group) is 2. The molecule has 4 aromatic rings. The van der Waals surface area contributed by atoms with Crippen LogP contribution in [0.3, 0.4) is 0 Å². The first kappa shape index (κ1) is 20.1. The molecule has 3 aromatic carbocycles. The zero-order valence-electron chi connectivity index (χ0n) is 18.2. The van der Waals surface area contributed by atoms with Gasteiger partial charge in [-0.05, 0) is 23.3 Å². The number of H-pyrrole nitrogens is 1. The first-order chi connectivity index (χ1) is 15.6. The van der Waals surface area contributed by atoms with Gasteiger partial charge in [-0.25, -0.2) is 0 Å². The molecule has 0 fully saturated rings. The van der Waals surface area contributed by atoms with Crippen LogP contribution in [0, 0.1) is 0 Å². The summed E-state index contributed by atoms with van der Waals surface area (Å²) in [7, 11) is 3.63. The average molecular weight is 424 g/mol. The summed E-state index contributed by atoms with van der Waals surface area (Å²) in [5.74, 6) is -0.566. The Labute approximate surface area is 187 Å². The third-order valence-corrected chi connectivity index (χ3v) is 6.42. The highest BCUT2D eigenvalue weighted by molar-refractivity contribution is 6.02. The first-order valence-corrected chi connectivity index (χ1v) is 10.8. The minimum atomic E-state index is -0.498. The molecule has 1 aliphatic rings. The number of aromatic amines is 1. The van der Waals surface area contributed by atoms with Crippen molar-refractivity contribution in [2.24, 2.45) is 0 Å². The Morgan fingerprint density at radius 1 is 0.938 bits per heavy atom. The molecule has 0 radical (unpaired) electrons. The van der Waals surface area contributed by atoms with E-state index in [4.69, 9.17) is 0 Å². The lowest BCUT2D eigenvalue weighted by Crippen LogP contribution is -2.45. The fourth-order valence-corrected chi connectivity index (χ4v) is 4.84. The van der Waals surface area contributed by atoms with Crippen molar-refractivity contribution in [2.45, 2.75) is 18.5 Å². The number of aromatic nitrogens is 1. The number of fused-ring (bicyclic) bond motifs is 2. The normalized spacial score (nSPS) is 17.9. The van der Waals surface area contributed by atoms with Crippen LogP contribution in [0.25, 0.3) is 10.9 Å². The van der Waals surface area contributed by atoms with Crippen molar-refractivity contribution in [2.75, 3.05) is 14.1 Å². The lowest BCUT2D eigenvalue weighted by molar-refractivity contribution is -0.133. The third-order valence-electron chi connectivity index (χ3n) is 6.42. The van der Waals surface area contributed by atoms with Crippen LogP contribution in [0.5, 0.6) is 0 Å². The molecule has 5 heteroatoms. The van der Waals surface area contributed by atoms with Crippen LogP contribution in [0.4, 0.5) is 0 Å². The Morgan fingerprint density at radius 2 is 1.62 bits per heavy atom. The lowest BCUT2D eigenvalue weighted by Gasteiger charge is -2.40. The van der Waals surface area contributed by atoms with Gasteiger partial charge >= 0.3 is 0 Å². The predicted octanol–water partition coefficient (Wildman–Crippen LogP) is 4.74. The van der Waals surface area contributed by atoms with Gasteiger partial charge in [0.2, 0.25) is 5.91 Å². The predicted molar refractivity (Wildman–Crippen MR) is 125 cm³/mol. The van der Waals surface area contributed by atoms with Crippen molar-refractivity contribution < 1.29 is 9.59 Å².